The fourth-order valence-electron chi connectivity index (χ4n) is 5.98. The van der Waals surface area contributed by atoms with Crippen LogP contribution in [-0.4, -0.2) is 58.1 Å². The zero-order valence-corrected chi connectivity index (χ0v) is 20.0. The smallest absolute Gasteiger partial charge is 0.411 e. The zero-order chi connectivity index (χ0) is 29.0. The quantitative estimate of drug-likeness (QED) is 0.444. The van der Waals surface area contributed by atoms with Gasteiger partial charge in [0.2, 0.25) is 29.0 Å². The summed E-state index contributed by atoms with van der Waals surface area (Å²) >= 11 is 0. The normalized spacial score (nSPS) is 25.2. The average molecular weight is 556 g/mol. The molecule has 2 aromatic rings. The number of carbonyl (C=O) groups excluding carboxylic acids is 4. The third-order valence-corrected chi connectivity index (χ3v) is 7.92. The summed E-state index contributed by atoms with van der Waals surface area (Å²) in [5, 5.41) is 20.1. The predicted molar refractivity (Wildman–Crippen MR) is 118 cm³/mol. The van der Waals surface area contributed by atoms with Crippen molar-refractivity contribution >= 4 is 29.3 Å². The lowest BCUT2D eigenvalue weighted by Gasteiger charge is -2.39. The van der Waals surface area contributed by atoms with Crippen LogP contribution < -0.4 is 4.90 Å². The number of hydrogen-bond donors (Lipinski definition) is 2. The van der Waals surface area contributed by atoms with Crippen LogP contribution in [-0.2, 0) is 24.6 Å². The van der Waals surface area contributed by atoms with Gasteiger partial charge in [-0.2, -0.15) is 26.3 Å². The van der Waals surface area contributed by atoms with Crippen molar-refractivity contribution in [2.75, 3.05) is 11.9 Å². The van der Waals surface area contributed by atoms with E-state index in [4.69, 9.17) is 0 Å². The number of rotatable bonds is 3. The molecule has 2 N–H and O–H groups in total. The number of alkyl halides is 6. The number of imide groups is 2. The first kappa shape index (κ1) is 26.5. The molecule has 0 aromatic heterocycles. The molecule has 8 nitrogen and oxygen atoms in total. The van der Waals surface area contributed by atoms with Gasteiger partial charge in [0.05, 0.1) is 29.4 Å². The van der Waals surface area contributed by atoms with E-state index in [0.717, 1.165) is 11.8 Å². The van der Waals surface area contributed by atoms with Crippen LogP contribution >= 0.6 is 0 Å². The Morgan fingerprint density at radius 1 is 0.667 bits per heavy atom. The summed E-state index contributed by atoms with van der Waals surface area (Å²) < 4.78 is 87.5. The summed E-state index contributed by atoms with van der Waals surface area (Å²) in [7, 11) is 1.17. The van der Waals surface area contributed by atoms with E-state index < -0.39 is 93.4 Å². The van der Waals surface area contributed by atoms with Gasteiger partial charge in [-0.15, -0.1) is 0 Å². The highest BCUT2D eigenvalue weighted by Crippen LogP contribution is 2.60. The second-order valence-corrected chi connectivity index (χ2v) is 9.80. The minimum absolute atomic E-state index is 0.243. The SMILES string of the molecule is Cc1cc(C(c2ccc(O)c(N3C(=O)C4C5C(=O)N(C)C(=O)C5C4C3=O)c2)(C(F)(F)F)C(F)(F)F)ccc1O. The van der Waals surface area contributed by atoms with Crippen LogP contribution in [0.2, 0.25) is 0 Å². The highest BCUT2D eigenvalue weighted by Gasteiger charge is 2.74. The molecule has 14 heteroatoms. The van der Waals surface area contributed by atoms with E-state index >= 15 is 0 Å². The number of carbonyl (C=O) groups is 4. The highest BCUT2D eigenvalue weighted by molar-refractivity contribution is 6.28. The predicted octanol–water partition coefficient (Wildman–Crippen LogP) is 3.17. The number of amides is 4. The van der Waals surface area contributed by atoms with E-state index in [9.17, 15) is 55.7 Å². The standard InChI is InChI=1S/C25H18F6N2O6/c1-9-7-10(3-5-13(9)34)23(24(26,27)28,25(29,30)31)11-4-6-14(35)12(8-11)33-21(38)17-15-16(18(17)22(33)39)20(37)32(2)19(15)36/h3-8,15-18,34-35H,1-2H3. The highest BCUT2D eigenvalue weighted by atomic mass is 19.4. The number of anilines is 1. The minimum Gasteiger partial charge on any atom is -0.508 e. The van der Waals surface area contributed by atoms with Gasteiger partial charge in [0, 0.05) is 7.05 Å². The number of benzene rings is 2. The van der Waals surface area contributed by atoms with Crippen molar-refractivity contribution in [3.8, 4) is 11.5 Å². The Morgan fingerprint density at radius 2 is 1.08 bits per heavy atom. The maximum absolute atomic E-state index is 14.6. The summed E-state index contributed by atoms with van der Waals surface area (Å²) in [6, 6.07) is 2.77. The molecule has 4 amide bonds. The maximum Gasteiger partial charge on any atom is 0.411 e. The molecule has 206 valence electrons. The van der Waals surface area contributed by atoms with E-state index in [1.165, 1.54) is 7.05 Å². The molecule has 4 unspecified atom stereocenters. The Bertz CT molecular complexity index is 1410. The van der Waals surface area contributed by atoms with Crippen molar-refractivity contribution in [1.29, 1.82) is 0 Å². The van der Waals surface area contributed by atoms with Gasteiger partial charge >= 0.3 is 12.4 Å². The largest absolute Gasteiger partial charge is 0.508 e. The second kappa shape index (κ2) is 7.96. The first-order chi connectivity index (χ1) is 18.0. The van der Waals surface area contributed by atoms with Crippen molar-refractivity contribution in [1.82, 2.24) is 4.90 Å². The van der Waals surface area contributed by atoms with Crippen LogP contribution in [0.3, 0.4) is 0 Å². The maximum atomic E-state index is 14.6. The molecule has 1 saturated carbocycles. The van der Waals surface area contributed by atoms with Crippen molar-refractivity contribution in [3.63, 3.8) is 0 Å². The third-order valence-electron chi connectivity index (χ3n) is 7.92. The van der Waals surface area contributed by atoms with Crippen molar-refractivity contribution < 1.29 is 55.7 Å². The molecule has 3 aliphatic rings. The Morgan fingerprint density at radius 3 is 1.51 bits per heavy atom. The van der Waals surface area contributed by atoms with Gasteiger partial charge in [-0.25, -0.2) is 4.90 Å². The first-order valence-electron chi connectivity index (χ1n) is 11.4. The zero-order valence-electron chi connectivity index (χ0n) is 20.0. The molecule has 39 heavy (non-hydrogen) atoms. The molecule has 2 saturated heterocycles. The number of fused-ring (bicyclic) bond motifs is 4. The lowest BCUT2D eigenvalue weighted by Crippen LogP contribution is -2.54. The Kier molecular flexibility index (Phi) is 5.41. The molecular formula is C25H18F6N2O6. The summed E-state index contributed by atoms with van der Waals surface area (Å²) in [4.78, 5) is 52.2. The second-order valence-electron chi connectivity index (χ2n) is 9.80. The van der Waals surface area contributed by atoms with Gasteiger partial charge in [-0.05, 0) is 41.8 Å². The number of likely N-dealkylation sites (tertiary alicyclic amines) is 1. The average Bonchev–Trinajstić information content (AvgIpc) is 3.10. The molecule has 3 fully saturated rings. The Hall–Kier alpha value is -4.10. The molecular weight excluding hydrogens is 538 g/mol. The monoisotopic (exact) mass is 556 g/mol. The Balaban J connectivity index is 1.69. The van der Waals surface area contributed by atoms with Gasteiger partial charge in [-0.1, -0.05) is 18.2 Å². The third kappa shape index (κ3) is 3.20. The molecule has 2 aromatic carbocycles. The molecule has 4 atom stereocenters. The van der Waals surface area contributed by atoms with Crippen LogP contribution in [0.4, 0.5) is 32.0 Å². The summed E-state index contributed by atoms with van der Waals surface area (Å²) in [5.74, 6) is -10.3. The van der Waals surface area contributed by atoms with Gasteiger partial charge in [0.15, 0.2) is 0 Å². The lowest BCUT2D eigenvalue weighted by atomic mass is 9.59. The van der Waals surface area contributed by atoms with Crippen molar-refractivity contribution in [2.24, 2.45) is 23.7 Å². The summed E-state index contributed by atoms with van der Waals surface area (Å²) in [6.07, 6.45) is -12.1. The van der Waals surface area contributed by atoms with Crippen LogP contribution in [0.5, 0.6) is 11.5 Å². The van der Waals surface area contributed by atoms with Gasteiger partial charge < -0.3 is 10.2 Å². The summed E-state index contributed by atoms with van der Waals surface area (Å²) in [5.41, 5.74) is -8.69. The van der Waals surface area contributed by atoms with Gasteiger partial charge in [0.1, 0.15) is 11.5 Å². The van der Waals surface area contributed by atoms with Crippen LogP contribution in [0.25, 0.3) is 0 Å². The molecule has 2 heterocycles. The number of phenols is 2. The molecule has 0 spiro atoms. The lowest BCUT2D eigenvalue weighted by molar-refractivity contribution is -0.288. The molecule has 0 radical (unpaired) electrons. The first-order valence-corrected chi connectivity index (χ1v) is 11.4. The molecule has 0 bridgehead atoms. The summed E-state index contributed by atoms with van der Waals surface area (Å²) in [6.45, 7) is 1.10. The fraction of sp³-hybridized carbons (Fsp3) is 0.360. The van der Waals surface area contributed by atoms with Crippen molar-refractivity contribution in [2.45, 2.75) is 24.7 Å². The van der Waals surface area contributed by atoms with E-state index in [1.807, 2.05) is 0 Å². The van der Waals surface area contributed by atoms with Gasteiger partial charge in [0.25, 0.3) is 0 Å². The van der Waals surface area contributed by atoms with E-state index in [-0.39, 0.29) is 16.5 Å². The molecule has 1 aliphatic carbocycles. The number of phenolic OH excluding ortho intramolecular Hbond substituents is 2. The minimum atomic E-state index is -6.03. The van der Waals surface area contributed by atoms with Crippen molar-refractivity contribution in [3.05, 3.63) is 53.1 Å². The van der Waals surface area contributed by atoms with Crippen LogP contribution in [0.1, 0.15) is 16.7 Å². The van der Waals surface area contributed by atoms with E-state index in [2.05, 4.69) is 0 Å². The number of nitrogens with zero attached hydrogens (tertiary/aromatic N) is 2. The number of halogens is 6. The van der Waals surface area contributed by atoms with Crippen LogP contribution in [0.15, 0.2) is 36.4 Å². The number of hydrogen-bond acceptors (Lipinski definition) is 6. The number of aryl methyl sites for hydroxylation is 1. The fourth-order valence-corrected chi connectivity index (χ4v) is 5.98. The van der Waals surface area contributed by atoms with E-state index in [1.54, 1.807) is 0 Å². The molecule has 5 rings (SSSR count). The van der Waals surface area contributed by atoms with Crippen LogP contribution in [0, 0.1) is 30.6 Å². The van der Waals surface area contributed by atoms with E-state index in [0.29, 0.717) is 30.3 Å². The van der Waals surface area contributed by atoms with Gasteiger partial charge in [-0.3, -0.25) is 24.1 Å². The molecule has 2 aliphatic heterocycles. The number of aromatic hydroxyl groups is 2. The Labute approximate surface area is 215 Å². The topological polar surface area (TPSA) is 115 Å².